The second kappa shape index (κ2) is 6.20. The minimum atomic E-state index is -1.51. The standard InChI is InChI=1S/C11H11ClFNO3/c12-8-4-2-1-3-7(8)5-10(15)14-9(6-13)11(16)17/h1-4,9H,5-6H2,(H,14,15)(H,16,17). The number of hydrogen-bond donors (Lipinski definition) is 2. The van der Waals surface area contributed by atoms with E-state index in [1.54, 1.807) is 24.3 Å². The second-order valence-electron chi connectivity index (χ2n) is 3.38. The lowest BCUT2D eigenvalue weighted by Gasteiger charge is -2.11. The van der Waals surface area contributed by atoms with Crippen molar-refractivity contribution in [2.75, 3.05) is 6.67 Å². The van der Waals surface area contributed by atoms with Crippen LogP contribution in [0.25, 0.3) is 0 Å². The molecular weight excluding hydrogens is 249 g/mol. The van der Waals surface area contributed by atoms with Crippen molar-refractivity contribution in [3.8, 4) is 0 Å². The molecule has 4 nitrogen and oxygen atoms in total. The number of amides is 1. The molecule has 1 unspecified atom stereocenters. The number of halogens is 2. The van der Waals surface area contributed by atoms with Crippen LogP contribution in [-0.4, -0.2) is 29.7 Å². The molecule has 0 aromatic heterocycles. The van der Waals surface area contributed by atoms with Crippen LogP contribution in [0.15, 0.2) is 24.3 Å². The average molecular weight is 260 g/mol. The highest BCUT2D eigenvalue weighted by Crippen LogP contribution is 2.15. The highest BCUT2D eigenvalue weighted by atomic mass is 35.5. The molecule has 0 heterocycles. The number of carbonyl (C=O) groups excluding carboxylic acids is 1. The van der Waals surface area contributed by atoms with Gasteiger partial charge in [-0.1, -0.05) is 29.8 Å². The molecule has 0 bridgehead atoms. The Kier molecular flexibility index (Phi) is 4.90. The molecule has 0 aliphatic heterocycles. The maximum atomic E-state index is 12.3. The highest BCUT2D eigenvalue weighted by molar-refractivity contribution is 6.31. The molecule has 0 aliphatic carbocycles. The van der Waals surface area contributed by atoms with E-state index >= 15 is 0 Å². The molecule has 0 saturated heterocycles. The van der Waals surface area contributed by atoms with E-state index in [-0.39, 0.29) is 6.42 Å². The minimum Gasteiger partial charge on any atom is -0.480 e. The summed E-state index contributed by atoms with van der Waals surface area (Å²) in [5.41, 5.74) is 0.565. The van der Waals surface area contributed by atoms with E-state index in [1.165, 1.54) is 0 Å². The Labute approximate surface area is 102 Å². The van der Waals surface area contributed by atoms with E-state index < -0.39 is 24.6 Å². The van der Waals surface area contributed by atoms with E-state index in [0.717, 1.165) is 0 Å². The summed E-state index contributed by atoms with van der Waals surface area (Å²) < 4.78 is 12.3. The van der Waals surface area contributed by atoms with Gasteiger partial charge >= 0.3 is 5.97 Å². The predicted molar refractivity (Wildman–Crippen MR) is 60.7 cm³/mol. The summed E-state index contributed by atoms with van der Waals surface area (Å²) in [6, 6.07) is 5.18. The van der Waals surface area contributed by atoms with Crippen LogP contribution < -0.4 is 5.32 Å². The third-order valence-corrected chi connectivity index (χ3v) is 2.47. The Morgan fingerprint density at radius 2 is 2.06 bits per heavy atom. The average Bonchev–Trinajstić information content (AvgIpc) is 2.28. The fraction of sp³-hybridized carbons (Fsp3) is 0.273. The van der Waals surface area contributed by atoms with Crippen molar-refractivity contribution in [2.24, 2.45) is 0 Å². The van der Waals surface area contributed by atoms with Gasteiger partial charge in [0.15, 0.2) is 6.04 Å². The molecule has 0 spiro atoms. The normalized spacial score (nSPS) is 11.9. The molecule has 1 rings (SSSR count). The summed E-state index contributed by atoms with van der Waals surface area (Å²) in [4.78, 5) is 21.9. The van der Waals surface area contributed by atoms with Crippen molar-refractivity contribution in [3.63, 3.8) is 0 Å². The molecule has 2 N–H and O–H groups in total. The Bertz CT molecular complexity index is 425. The summed E-state index contributed by atoms with van der Waals surface area (Å²) in [5.74, 6) is -1.98. The van der Waals surface area contributed by atoms with Gasteiger partial charge in [0.25, 0.3) is 0 Å². The highest BCUT2D eigenvalue weighted by Gasteiger charge is 2.19. The number of nitrogens with one attached hydrogen (secondary N) is 1. The number of carboxylic acid groups (broad SMARTS) is 1. The van der Waals surface area contributed by atoms with Gasteiger partial charge in [-0.15, -0.1) is 0 Å². The van der Waals surface area contributed by atoms with Gasteiger partial charge < -0.3 is 10.4 Å². The van der Waals surface area contributed by atoms with Gasteiger partial charge in [-0.2, -0.15) is 0 Å². The summed E-state index contributed by atoms with van der Waals surface area (Å²) in [5, 5.41) is 11.0. The first kappa shape index (κ1) is 13.4. The fourth-order valence-electron chi connectivity index (χ4n) is 1.23. The van der Waals surface area contributed by atoms with Crippen LogP contribution in [0.4, 0.5) is 4.39 Å². The Morgan fingerprint density at radius 1 is 1.41 bits per heavy atom. The quantitative estimate of drug-likeness (QED) is 0.840. The molecule has 6 heteroatoms. The van der Waals surface area contributed by atoms with Crippen LogP contribution in [0.3, 0.4) is 0 Å². The zero-order valence-electron chi connectivity index (χ0n) is 8.82. The number of carboxylic acids is 1. The van der Waals surface area contributed by atoms with Gasteiger partial charge in [0.2, 0.25) is 5.91 Å². The summed E-state index contributed by atoms with van der Waals surface area (Å²) in [6.07, 6.45) is -0.0799. The molecular formula is C11H11ClFNO3. The van der Waals surface area contributed by atoms with Crippen molar-refractivity contribution in [1.82, 2.24) is 5.32 Å². The van der Waals surface area contributed by atoms with Gasteiger partial charge in [-0.25, -0.2) is 9.18 Å². The van der Waals surface area contributed by atoms with Crippen LogP contribution in [0.1, 0.15) is 5.56 Å². The van der Waals surface area contributed by atoms with Crippen LogP contribution in [-0.2, 0) is 16.0 Å². The first-order valence-electron chi connectivity index (χ1n) is 4.86. The van der Waals surface area contributed by atoms with Crippen molar-refractivity contribution in [3.05, 3.63) is 34.9 Å². The van der Waals surface area contributed by atoms with Crippen molar-refractivity contribution in [1.29, 1.82) is 0 Å². The topological polar surface area (TPSA) is 66.4 Å². The number of alkyl halides is 1. The first-order valence-corrected chi connectivity index (χ1v) is 5.24. The molecule has 0 aliphatic rings. The van der Waals surface area contributed by atoms with Gasteiger partial charge in [0.05, 0.1) is 6.42 Å². The lowest BCUT2D eigenvalue weighted by molar-refractivity contribution is -0.142. The largest absolute Gasteiger partial charge is 0.480 e. The zero-order valence-corrected chi connectivity index (χ0v) is 9.58. The number of hydrogen-bond acceptors (Lipinski definition) is 2. The van der Waals surface area contributed by atoms with E-state index in [9.17, 15) is 14.0 Å². The van der Waals surface area contributed by atoms with E-state index in [4.69, 9.17) is 16.7 Å². The molecule has 0 fully saturated rings. The second-order valence-corrected chi connectivity index (χ2v) is 3.79. The maximum Gasteiger partial charge on any atom is 0.328 e. The fourth-order valence-corrected chi connectivity index (χ4v) is 1.43. The molecule has 1 aromatic carbocycles. The van der Waals surface area contributed by atoms with Gasteiger partial charge in [-0.3, -0.25) is 4.79 Å². The smallest absolute Gasteiger partial charge is 0.328 e. The molecule has 1 aromatic rings. The lowest BCUT2D eigenvalue weighted by atomic mass is 10.1. The monoisotopic (exact) mass is 259 g/mol. The Hall–Kier alpha value is -1.62. The zero-order chi connectivity index (χ0) is 12.8. The van der Waals surface area contributed by atoms with Crippen molar-refractivity contribution in [2.45, 2.75) is 12.5 Å². The third-order valence-electron chi connectivity index (χ3n) is 2.10. The Balaban J connectivity index is 2.61. The lowest BCUT2D eigenvalue weighted by Crippen LogP contribution is -2.43. The van der Waals surface area contributed by atoms with Crippen LogP contribution >= 0.6 is 11.6 Å². The molecule has 0 saturated carbocycles. The van der Waals surface area contributed by atoms with E-state index in [1.807, 2.05) is 0 Å². The molecule has 92 valence electrons. The van der Waals surface area contributed by atoms with Gasteiger partial charge in [0, 0.05) is 5.02 Å². The van der Waals surface area contributed by atoms with Gasteiger partial charge in [0.1, 0.15) is 6.67 Å². The summed E-state index contributed by atoms with van der Waals surface area (Å²) in [6.45, 7) is -1.15. The molecule has 0 radical (unpaired) electrons. The number of carbonyl (C=O) groups is 2. The SMILES string of the molecule is O=C(Cc1ccccc1Cl)NC(CF)C(=O)O. The Morgan fingerprint density at radius 3 is 2.59 bits per heavy atom. The summed E-state index contributed by atoms with van der Waals surface area (Å²) >= 11 is 5.83. The van der Waals surface area contributed by atoms with Crippen LogP contribution in [0, 0.1) is 0 Å². The maximum absolute atomic E-state index is 12.3. The number of benzene rings is 1. The summed E-state index contributed by atoms with van der Waals surface area (Å²) in [7, 11) is 0. The van der Waals surface area contributed by atoms with Crippen molar-refractivity contribution >= 4 is 23.5 Å². The van der Waals surface area contributed by atoms with Gasteiger partial charge in [-0.05, 0) is 11.6 Å². The van der Waals surface area contributed by atoms with E-state index in [2.05, 4.69) is 5.32 Å². The third kappa shape index (κ3) is 4.03. The van der Waals surface area contributed by atoms with Crippen LogP contribution in [0.5, 0.6) is 0 Å². The van der Waals surface area contributed by atoms with Crippen LogP contribution in [0.2, 0.25) is 5.02 Å². The molecule has 17 heavy (non-hydrogen) atoms. The first-order chi connectivity index (χ1) is 8.04. The number of rotatable bonds is 5. The number of aliphatic carboxylic acids is 1. The molecule has 1 amide bonds. The minimum absolute atomic E-state index is 0.0799. The van der Waals surface area contributed by atoms with E-state index in [0.29, 0.717) is 10.6 Å². The predicted octanol–water partition coefficient (Wildman–Crippen LogP) is 1.42. The molecule has 1 atom stereocenters. The van der Waals surface area contributed by atoms with Crippen molar-refractivity contribution < 1.29 is 19.1 Å².